The van der Waals surface area contributed by atoms with Gasteiger partial charge in [0.25, 0.3) is 0 Å². The molecule has 0 aliphatic rings. The minimum Gasteiger partial charge on any atom is -0.497 e. The lowest BCUT2D eigenvalue weighted by molar-refractivity contribution is 0.107. The third-order valence-electron chi connectivity index (χ3n) is 5.48. The highest BCUT2D eigenvalue weighted by Crippen LogP contribution is 2.44. The summed E-state index contributed by atoms with van der Waals surface area (Å²) in [4.78, 5) is 13.8. The summed E-state index contributed by atoms with van der Waals surface area (Å²) in [7, 11) is 3.17. The summed E-state index contributed by atoms with van der Waals surface area (Å²) < 4.78 is 10.8. The molecule has 0 N–H and O–H groups in total. The molecule has 3 nitrogen and oxygen atoms in total. The molecule has 0 fully saturated rings. The van der Waals surface area contributed by atoms with E-state index in [0.29, 0.717) is 17.1 Å². The second-order valence-electron chi connectivity index (χ2n) is 7.29. The highest BCUT2D eigenvalue weighted by atomic mass is 31.2. The highest BCUT2D eigenvalue weighted by molar-refractivity contribution is 7.95. The van der Waals surface area contributed by atoms with Crippen LogP contribution in [-0.2, 0) is 0 Å². The van der Waals surface area contributed by atoms with Gasteiger partial charge in [-0.25, -0.2) is 0 Å². The van der Waals surface area contributed by atoms with Crippen LogP contribution in [0, 0.1) is 0 Å². The number of carbonyl (C=O) groups is 1. The van der Waals surface area contributed by atoms with Crippen molar-refractivity contribution in [2.75, 3.05) is 14.2 Å². The predicted octanol–water partition coefficient (Wildman–Crippen LogP) is 4.68. The Morgan fingerprint density at radius 3 is 1.53 bits per heavy atom. The van der Waals surface area contributed by atoms with E-state index in [1.54, 1.807) is 32.4 Å². The smallest absolute Gasteiger partial charge is 0.190 e. The molecule has 0 saturated heterocycles. The van der Waals surface area contributed by atoms with Gasteiger partial charge in [0, 0.05) is 6.07 Å². The van der Waals surface area contributed by atoms with Gasteiger partial charge in [0.15, 0.2) is 5.78 Å². The zero-order valence-electron chi connectivity index (χ0n) is 18.1. The van der Waals surface area contributed by atoms with Gasteiger partial charge >= 0.3 is 0 Å². The van der Waals surface area contributed by atoms with Gasteiger partial charge < -0.3 is 9.47 Å². The van der Waals surface area contributed by atoms with Gasteiger partial charge in [-0.2, -0.15) is 0 Å². The lowest BCUT2D eigenvalue weighted by Crippen LogP contribution is -2.28. The molecule has 0 aromatic heterocycles. The first-order valence-electron chi connectivity index (χ1n) is 10.4. The molecule has 4 aromatic rings. The molecule has 0 heterocycles. The van der Waals surface area contributed by atoms with E-state index < -0.39 is 6.89 Å². The Kier molecular flexibility index (Phi) is 6.58. The van der Waals surface area contributed by atoms with Gasteiger partial charge in [0.1, 0.15) is 11.5 Å². The number of hydrogen-bond donors (Lipinski definition) is 0. The minimum atomic E-state index is -2.39. The van der Waals surface area contributed by atoms with E-state index in [4.69, 9.17) is 9.47 Å². The van der Waals surface area contributed by atoms with Crippen LogP contribution in [0.3, 0.4) is 0 Å². The van der Waals surface area contributed by atoms with E-state index in [0.717, 1.165) is 15.9 Å². The number of hydrogen-bond acceptors (Lipinski definition) is 3. The third kappa shape index (κ3) is 4.12. The second-order valence-corrected chi connectivity index (χ2v) is 10.5. The molecule has 32 heavy (non-hydrogen) atoms. The maximum Gasteiger partial charge on any atom is 0.190 e. The van der Waals surface area contributed by atoms with Gasteiger partial charge in [-0.1, -0.05) is 91.0 Å². The van der Waals surface area contributed by atoms with Crippen molar-refractivity contribution in [2.45, 2.75) is 0 Å². The standard InChI is InChI=1S/C28H25O3P/c1-30-22-18-19-26(28(20-22)31-2)27(29)21-32(23-12-6-3-7-13-23,24-14-8-4-9-15-24)25-16-10-5-11-17-25/h3-21H,1-2H3. The number of ether oxygens (including phenoxy) is 2. The highest BCUT2D eigenvalue weighted by Gasteiger charge is 2.27. The van der Waals surface area contributed by atoms with E-state index in [-0.39, 0.29) is 5.78 Å². The Bertz CT molecular complexity index is 1150. The Morgan fingerprint density at radius 1 is 0.656 bits per heavy atom. The number of rotatable bonds is 7. The van der Waals surface area contributed by atoms with Crippen molar-refractivity contribution in [2.24, 2.45) is 0 Å². The molecule has 0 spiro atoms. The molecule has 4 heteroatoms. The molecule has 4 rings (SSSR count). The Balaban J connectivity index is 2.04. The molecule has 0 aliphatic carbocycles. The molecule has 0 saturated carbocycles. The van der Waals surface area contributed by atoms with Crippen LogP contribution < -0.4 is 25.4 Å². The first kappa shape index (κ1) is 21.7. The summed E-state index contributed by atoms with van der Waals surface area (Å²) in [5.74, 6) is 2.98. The van der Waals surface area contributed by atoms with Crippen molar-refractivity contribution in [3.63, 3.8) is 0 Å². The van der Waals surface area contributed by atoms with Crippen molar-refractivity contribution in [3.05, 3.63) is 115 Å². The number of benzene rings is 4. The fourth-order valence-corrected chi connectivity index (χ4v) is 7.67. The third-order valence-corrected chi connectivity index (χ3v) is 9.44. The predicted molar refractivity (Wildman–Crippen MR) is 135 cm³/mol. The van der Waals surface area contributed by atoms with E-state index >= 15 is 0 Å². The molecular weight excluding hydrogens is 415 g/mol. The average Bonchev–Trinajstić information content (AvgIpc) is 2.88. The number of ketones is 1. The maximum absolute atomic E-state index is 13.8. The number of carbonyl (C=O) groups excluding carboxylic acids is 1. The van der Waals surface area contributed by atoms with Crippen molar-refractivity contribution in [3.8, 4) is 11.5 Å². The van der Waals surface area contributed by atoms with Gasteiger partial charge in [0.05, 0.1) is 19.8 Å². The molecule has 4 aromatic carbocycles. The second kappa shape index (κ2) is 9.72. The Morgan fingerprint density at radius 2 is 1.12 bits per heavy atom. The lowest BCUT2D eigenvalue weighted by atomic mass is 10.1. The van der Waals surface area contributed by atoms with Crippen LogP contribution in [0.1, 0.15) is 10.4 Å². The van der Waals surface area contributed by atoms with Crippen molar-refractivity contribution in [1.82, 2.24) is 0 Å². The van der Waals surface area contributed by atoms with E-state index in [1.165, 1.54) is 0 Å². The molecule has 0 bridgehead atoms. The van der Waals surface area contributed by atoms with E-state index in [9.17, 15) is 4.79 Å². The van der Waals surface area contributed by atoms with Crippen LogP contribution in [0.2, 0.25) is 0 Å². The Labute approximate surface area is 189 Å². The first-order valence-corrected chi connectivity index (χ1v) is 12.2. The normalized spacial score (nSPS) is 10.9. The summed E-state index contributed by atoms with van der Waals surface area (Å²) in [6.07, 6.45) is 0. The van der Waals surface area contributed by atoms with Crippen LogP contribution in [0.5, 0.6) is 11.5 Å². The topological polar surface area (TPSA) is 35.5 Å². The minimum absolute atomic E-state index is 0.0746. The van der Waals surface area contributed by atoms with Crippen LogP contribution in [0.4, 0.5) is 0 Å². The first-order chi connectivity index (χ1) is 15.7. The summed E-state index contributed by atoms with van der Waals surface area (Å²) >= 11 is 0. The molecule has 160 valence electrons. The van der Waals surface area contributed by atoms with E-state index in [2.05, 4.69) is 36.4 Å². The zero-order valence-corrected chi connectivity index (χ0v) is 19.0. The quantitative estimate of drug-likeness (QED) is 0.309. The monoisotopic (exact) mass is 440 g/mol. The molecule has 0 aliphatic heterocycles. The lowest BCUT2D eigenvalue weighted by Gasteiger charge is -2.28. The van der Waals surface area contributed by atoms with E-state index in [1.807, 2.05) is 60.4 Å². The maximum atomic E-state index is 13.8. The molecular formula is C28H25O3P. The van der Waals surface area contributed by atoms with Crippen molar-refractivity contribution >= 4 is 34.4 Å². The zero-order chi connectivity index (χ0) is 22.4. The van der Waals surface area contributed by atoms with Crippen LogP contribution in [-0.4, -0.2) is 25.8 Å². The van der Waals surface area contributed by atoms with Gasteiger partial charge in [-0.05, 0) is 40.7 Å². The van der Waals surface area contributed by atoms with Gasteiger partial charge in [-0.3, -0.25) is 4.79 Å². The fraction of sp³-hybridized carbons (Fsp3) is 0.0714. The SMILES string of the molecule is COc1ccc(C(=O)C=P(c2ccccc2)(c2ccccc2)c2ccccc2)c(OC)c1. The summed E-state index contributed by atoms with van der Waals surface area (Å²) in [6.45, 7) is -2.39. The van der Waals surface area contributed by atoms with Crippen LogP contribution >= 0.6 is 6.89 Å². The van der Waals surface area contributed by atoms with Gasteiger partial charge in [-0.15, -0.1) is 0 Å². The fourth-order valence-electron chi connectivity index (χ4n) is 3.91. The van der Waals surface area contributed by atoms with Crippen molar-refractivity contribution in [1.29, 1.82) is 0 Å². The Hall–Kier alpha value is -3.55. The van der Waals surface area contributed by atoms with Crippen molar-refractivity contribution < 1.29 is 14.3 Å². The molecule has 0 unspecified atom stereocenters. The molecule has 0 amide bonds. The summed E-state index contributed by atoms with van der Waals surface area (Å²) in [6, 6.07) is 36.2. The number of methoxy groups -OCH3 is 2. The van der Waals surface area contributed by atoms with Crippen LogP contribution in [0.15, 0.2) is 109 Å². The van der Waals surface area contributed by atoms with Crippen LogP contribution in [0.25, 0.3) is 0 Å². The molecule has 0 radical (unpaired) electrons. The number of Topliss-reactive ketones (excluding diaryl/α,β-unsaturated/α-hetero) is 1. The summed E-state index contributed by atoms with van der Waals surface area (Å²) in [5, 5.41) is 3.37. The molecule has 0 atom stereocenters. The summed E-state index contributed by atoms with van der Waals surface area (Å²) in [5.41, 5.74) is 0.514. The van der Waals surface area contributed by atoms with Gasteiger partial charge in [0.2, 0.25) is 0 Å². The largest absolute Gasteiger partial charge is 0.497 e. The average molecular weight is 440 g/mol.